The quantitative estimate of drug-likeness (QED) is 0.538. The van der Waals surface area contributed by atoms with E-state index >= 15 is 0 Å². The Kier molecular flexibility index (Phi) is 6.61. The number of benzene rings is 1. The maximum Gasteiger partial charge on any atom is 0.248 e. The first-order valence-corrected chi connectivity index (χ1v) is 12.9. The smallest absolute Gasteiger partial charge is 0.248 e. The fourth-order valence-electron chi connectivity index (χ4n) is 3.99. The van der Waals surface area contributed by atoms with Gasteiger partial charge in [-0.2, -0.15) is 4.31 Å². The van der Waals surface area contributed by atoms with Crippen LogP contribution in [0.4, 0.5) is 5.13 Å². The van der Waals surface area contributed by atoms with E-state index in [0.29, 0.717) is 55.7 Å². The van der Waals surface area contributed by atoms with Gasteiger partial charge >= 0.3 is 0 Å². The topological polar surface area (TPSA) is 99.9 Å². The minimum Gasteiger partial charge on any atom is -0.360 e. The highest BCUT2D eigenvalue weighted by Crippen LogP contribution is 2.29. The highest BCUT2D eigenvalue weighted by Gasteiger charge is 2.32. The highest BCUT2D eigenvalue weighted by molar-refractivity contribution is 7.89. The number of para-hydroxylation sites is 1. The predicted octanol–water partition coefficient (Wildman–Crippen LogP) is 2.65. The van der Waals surface area contributed by atoms with Crippen LogP contribution in [0.3, 0.4) is 0 Å². The average Bonchev–Trinajstić information content (AvgIpc) is 3.23. The van der Waals surface area contributed by atoms with E-state index in [0.717, 1.165) is 10.2 Å². The molecule has 1 aliphatic heterocycles. The van der Waals surface area contributed by atoms with Crippen LogP contribution < -0.4 is 4.90 Å². The van der Waals surface area contributed by atoms with Gasteiger partial charge in [0.2, 0.25) is 15.9 Å². The zero-order chi connectivity index (χ0) is 22.9. The van der Waals surface area contributed by atoms with Crippen molar-refractivity contribution in [3.63, 3.8) is 0 Å². The van der Waals surface area contributed by atoms with Crippen LogP contribution in [0.1, 0.15) is 24.8 Å². The van der Waals surface area contributed by atoms with Gasteiger partial charge in [0.15, 0.2) is 10.9 Å². The number of nitrogens with zero attached hydrogens (tertiary/aromatic N) is 5. The Morgan fingerprint density at radius 2 is 1.97 bits per heavy atom. The lowest BCUT2D eigenvalue weighted by Gasteiger charge is -2.24. The summed E-state index contributed by atoms with van der Waals surface area (Å²) < 4.78 is 33.8. The number of likely N-dealkylation sites (N-methyl/N-ethyl adjacent to an activating group) is 1. The molecule has 1 saturated heterocycles. The Morgan fingerprint density at radius 3 is 2.66 bits per heavy atom. The zero-order valence-electron chi connectivity index (χ0n) is 18.4. The fraction of sp³-hybridized carbons (Fsp3) is 0.476. The lowest BCUT2D eigenvalue weighted by atomic mass is 10.3. The van der Waals surface area contributed by atoms with Gasteiger partial charge in [0, 0.05) is 26.2 Å². The van der Waals surface area contributed by atoms with Crippen LogP contribution in [0.15, 0.2) is 33.7 Å². The Bertz CT molecular complexity index is 1170. The average molecular weight is 478 g/mol. The van der Waals surface area contributed by atoms with Crippen LogP contribution in [-0.2, 0) is 14.8 Å². The Balaban J connectivity index is 1.43. The number of rotatable bonds is 6. The molecule has 1 amide bonds. The molecular formula is C21H27N5O4S2. The normalized spacial score (nSPS) is 16.3. The molecule has 3 aromatic rings. The molecule has 0 saturated carbocycles. The molecule has 4 rings (SSSR count). The van der Waals surface area contributed by atoms with E-state index in [1.54, 1.807) is 18.7 Å². The lowest BCUT2D eigenvalue weighted by Crippen LogP contribution is -2.42. The fourth-order valence-corrected chi connectivity index (χ4v) is 6.80. The molecule has 0 aliphatic carbocycles. The summed E-state index contributed by atoms with van der Waals surface area (Å²) in [6, 6.07) is 7.83. The molecule has 0 atom stereocenters. The minimum atomic E-state index is -3.69. The number of fused-ring (bicyclic) bond motifs is 1. The number of hydrogen-bond donors (Lipinski definition) is 0. The largest absolute Gasteiger partial charge is 0.360 e. The van der Waals surface area contributed by atoms with Crippen LogP contribution in [0, 0.1) is 13.8 Å². The molecule has 2 aromatic heterocycles. The Morgan fingerprint density at radius 1 is 1.19 bits per heavy atom. The lowest BCUT2D eigenvalue weighted by molar-refractivity contribution is -0.119. The van der Waals surface area contributed by atoms with Gasteiger partial charge in [-0.05, 0) is 45.9 Å². The van der Waals surface area contributed by atoms with E-state index in [1.807, 2.05) is 36.1 Å². The van der Waals surface area contributed by atoms with Gasteiger partial charge in [0.25, 0.3) is 0 Å². The van der Waals surface area contributed by atoms with Crippen LogP contribution in [0.5, 0.6) is 0 Å². The van der Waals surface area contributed by atoms with E-state index in [4.69, 9.17) is 4.52 Å². The number of aromatic nitrogens is 2. The summed E-state index contributed by atoms with van der Waals surface area (Å²) in [6.45, 7) is 7.76. The second kappa shape index (κ2) is 9.26. The number of sulfonamides is 1. The van der Waals surface area contributed by atoms with Crippen molar-refractivity contribution in [1.29, 1.82) is 0 Å². The molecule has 0 spiro atoms. The van der Waals surface area contributed by atoms with E-state index in [9.17, 15) is 13.2 Å². The number of thiazole rings is 1. The molecule has 0 radical (unpaired) electrons. The number of hydrogen-bond acceptors (Lipinski definition) is 8. The molecule has 1 fully saturated rings. The van der Waals surface area contributed by atoms with Gasteiger partial charge in [-0.3, -0.25) is 14.6 Å². The zero-order valence-corrected chi connectivity index (χ0v) is 20.1. The van der Waals surface area contributed by atoms with Gasteiger partial charge in [-0.15, -0.1) is 0 Å². The molecule has 1 aliphatic rings. The number of carbonyl (C=O) groups is 1. The molecule has 3 heterocycles. The van der Waals surface area contributed by atoms with Crippen LogP contribution in [-0.4, -0.2) is 72.9 Å². The first kappa shape index (κ1) is 22.8. The first-order chi connectivity index (χ1) is 15.3. The minimum absolute atomic E-state index is 0.0337. The van der Waals surface area contributed by atoms with Gasteiger partial charge in [0.1, 0.15) is 10.6 Å². The molecule has 0 unspecified atom stereocenters. The summed E-state index contributed by atoms with van der Waals surface area (Å²) in [6.07, 6.45) is 0.642. The summed E-state index contributed by atoms with van der Waals surface area (Å²) in [5.41, 5.74) is 1.25. The van der Waals surface area contributed by atoms with Crippen molar-refractivity contribution in [3.8, 4) is 0 Å². The van der Waals surface area contributed by atoms with E-state index in [1.165, 1.54) is 15.6 Å². The molecule has 1 aromatic carbocycles. The van der Waals surface area contributed by atoms with E-state index in [-0.39, 0.29) is 17.3 Å². The molecular weight excluding hydrogens is 450 g/mol. The van der Waals surface area contributed by atoms with Crippen molar-refractivity contribution >= 4 is 42.6 Å². The van der Waals surface area contributed by atoms with Crippen molar-refractivity contribution in [2.75, 3.05) is 44.2 Å². The molecule has 0 bridgehead atoms. The number of carbonyl (C=O) groups excluding carboxylic acids is 1. The van der Waals surface area contributed by atoms with Gasteiger partial charge in [0.05, 0.1) is 16.8 Å². The third kappa shape index (κ3) is 4.42. The molecule has 32 heavy (non-hydrogen) atoms. The molecule has 11 heteroatoms. The molecule has 0 N–H and O–H groups in total. The van der Waals surface area contributed by atoms with Gasteiger partial charge in [-0.1, -0.05) is 28.6 Å². The van der Waals surface area contributed by atoms with Crippen LogP contribution in [0.2, 0.25) is 0 Å². The van der Waals surface area contributed by atoms with Crippen molar-refractivity contribution in [2.24, 2.45) is 0 Å². The van der Waals surface area contributed by atoms with Crippen molar-refractivity contribution in [2.45, 2.75) is 32.1 Å². The maximum absolute atomic E-state index is 13.1. The van der Waals surface area contributed by atoms with E-state index in [2.05, 4.69) is 10.1 Å². The predicted molar refractivity (Wildman–Crippen MR) is 123 cm³/mol. The molecule has 172 valence electrons. The number of anilines is 1. The van der Waals surface area contributed by atoms with Crippen molar-refractivity contribution in [1.82, 2.24) is 19.3 Å². The monoisotopic (exact) mass is 477 g/mol. The second-order valence-corrected chi connectivity index (χ2v) is 10.7. The summed E-state index contributed by atoms with van der Waals surface area (Å²) in [5, 5.41) is 4.47. The highest BCUT2D eigenvalue weighted by atomic mass is 32.2. The maximum atomic E-state index is 13.1. The number of aryl methyl sites for hydroxylation is 2. The number of amides is 1. The standard InChI is InChI=1S/C21H27N5O4S2/c1-4-26(21-22-17-8-5-6-9-18(17)31-21)19(27)14-24-10-7-11-25(13-12-24)32(28,29)20-15(2)23-30-16(20)3/h5-6,8-9H,4,7,10-14H2,1-3H3. The SMILES string of the molecule is CCN(C(=O)CN1CCCN(S(=O)(=O)c2c(C)noc2C)CC1)c1nc2ccccc2s1. The molecule has 9 nitrogen and oxygen atoms in total. The first-order valence-electron chi connectivity index (χ1n) is 10.6. The van der Waals surface area contributed by atoms with Crippen molar-refractivity contribution in [3.05, 3.63) is 35.7 Å². The third-order valence-electron chi connectivity index (χ3n) is 5.60. The summed E-state index contributed by atoms with van der Waals surface area (Å²) >= 11 is 1.50. The summed E-state index contributed by atoms with van der Waals surface area (Å²) in [7, 11) is -3.69. The van der Waals surface area contributed by atoms with Crippen LogP contribution in [0.25, 0.3) is 10.2 Å². The Labute approximate surface area is 191 Å². The van der Waals surface area contributed by atoms with Gasteiger partial charge in [-0.25, -0.2) is 13.4 Å². The summed E-state index contributed by atoms with van der Waals surface area (Å²) in [4.78, 5) is 21.6. The van der Waals surface area contributed by atoms with E-state index < -0.39 is 10.0 Å². The van der Waals surface area contributed by atoms with Gasteiger partial charge < -0.3 is 4.52 Å². The van der Waals surface area contributed by atoms with Crippen LogP contribution >= 0.6 is 11.3 Å². The third-order valence-corrected chi connectivity index (χ3v) is 8.81. The summed E-state index contributed by atoms with van der Waals surface area (Å²) in [5.74, 6) is 0.266. The van der Waals surface area contributed by atoms with Crippen molar-refractivity contribution < 1.29 is 17.7 Å². The second-order valence-electron chi connectivity index (χ2n) is 7.79. The Hall–Kier alpha value is -2.34.